The molecule has 0 unspecified atom stereocenters. The van der Waals surface area contributed by atoms with E-state index in [0.717, 1.165) is 0 Å². The molecule has 0 bridgehead atoms. The fourth-order valence-corrected chi connectivity index (χ4v) is 2.05. The van der Waals surface area contributed by atoms with E-state index in [2.05, 4.69) is 15.5 Å². The van der Waals surface area contributed by atoms with Crippen LogP contribution in [-0.2, 0) is 9.53 Å². The molecule has 1 aliphatic heterocycles. The number of carbonyl (C=O) groups is 2. The third kappa shape index (κ3) is 3.02. The minimum absolute atomic E-state index is 0.0644. The molecule has 108 valence electrons. The van der Waals surface area contributed by atoms with Gasteiger partial charge in [-0.1, -0.05) is 0 Å². The molecule has 0 spiro atoms. The predicted molar refractivity (Wildman–Crippen MR) is 69.2 cm³/mol. The molecule has 2 heterocycles. The van der Waals surface area contributed by atoms with Crippen LogP contribution in [0.5, 0.6) is 0 Å². The Bertz CT molecular complexity index is 497. The van der Waals surface area contributed by atoms with E-state index in [4.69, 9.17) is 10.5 Å². The van der Waals surface area contributed by atoms with Crippen molar-refractivity contribution in [3.63, 3.8) is 0 Å². The maximum Gasteiger partial charge on any atom is 0.311 e. The molecule has 4 N–H and O–H groups in total. The van der Waals surface area contributed by atoms with Gasteiger partial charge in [-0.15, -0.1) is 10.2 Å². The van der Waals surface area contributed by atoms with Crippen LogP contribution in [0.3, 0.4) is 0 Å². The Kier molecular flexibility index (Phi) is 4.14. The van der Waals surface area contributed by atoms with Crippen molar-refractivity contribution in [3.05, 3.63) is 17.8 Å². The van der Waals surface area contributed by atoms with Crippen LogP contribution in [0.2, 0.25) is 0 Å². The number of rotatable bonds is 5. The largest absolute Gasteiger partial charge is 0.481 e. The summed E-state index contributed by atoms with van der Waals surface area (Å²) in [4.78, 5) is 22.3. The van der Waals surface area contributed by atoms with Crippen LogP contribution >= 0.6 is 0 Å². The van der Waals surface area contributed by atoms with Gasteiger partial charge in [0.15, 0.2) is 5.69 Å². The van der Waals surface area contributed by atoms with Crippen LogP contribution in [0.15, 0.2) is 12.1 Å². The third-order valence-corrected chi connectivity index (χ3v) is 3.43. The Morgan fingerprint density at radius 3 is 2.55 bits per heavy atom. The van der Waals surface area contributed by atoms with Crippen molar-refractivity contribution in [3.8, 4) is 0 Å². The molecule has 1 aromatic rings. The Morgan fingerprint density at radius 2 is 2.05 bits per heavy atom. The predicted octanol–water partition coefficient (Wildman–Crippen LogP) is -0.131. The second-order valence-electron chi connectivity index (χ2n) is 4.72. The Hall–Kier alpha value is -2.22. The Balaban J connectivity index is 2.02. The number of carboxylic acids is 1. The first-order valence-electron chi connectivity index (χ1n) is 6.22. The van der Waals surface area contributed by atoms with E-state index in [0.29, 0.717) is 31.9 Å². The Morgan fingerprint density at radius 1 is 1.35 bits per heavy atom. The molecule has 1 fully saturated rings. The van der Waals surface area contributed by atoms with E-state index >= 15 is 0 Å². The van der Waals surface area contributed by atoms with Crippen molar-refractivity contribution in [2.75, 3.05) is 25.1 Å². The lowest BCUT2D eigenvalue weighted by molar-refractivity contribution is -0.153. The van der Waals surface area contributed by atoms with Crippen molar-refractivity contribution in [2.24, 2.45) is 11.1 Å². The molecule has 1 aromatic heterocycles. The van der Waals surface area contributed by atoms with Gasteiger partial charge in [0.25, 0.3) is 5.91 Å². The van der Waals surface area contributed by atoms with Gasteiger partial charge < -0.3 is 20.9 Å². The van der Waals surface area contributed by atoms with Gasteiger partial charge in [0.1, 0.15) is 5.82 Å². The van der Waals surface area contributed by atoms with Crippen LogP contribution in [0.4, 0.5) is 5.82 Å². The number of hydrogen-bond acceptors (Lipinski definition) is 6. The van der Waals surface area contributed by atoms with Crippen molar-refractivity contribution in [1.29, 1.82) is 0 Å². The van der Waals surface area contributed by atoms with Gasteiger partial charge in [0.05, 0.1) is 5.41 Å². The van der Waals surface area contributed by atoms with Crippen molar-refractivity contribution in [2.45, 2.75) is 12.8 Å². The summed E-state index contributed by atoms with van der Waals surface area (Å²) in [7, 11) is 0. The number of aromatic nitrogens is 2. The summed E-state index contributed by atoms with van der Waals surface area (Å²) in [6.07, 6.45) is 0.893. The lowest BCUT2D eigenvalue weighted by atomic mass is 9.80. The number of amides is 1. The highest BCUT2D eigenvalue weighted by molar-refractivity contribution is 5.90. The molecule has 1 aliphatic rings. The average Bonchev–Trinajstić information content (AvgIpc) is 2.46. The van der Waals surface area contributed by atoms with Crippen molar-refractivity contribution >= 4 is 17.7 Å². The van der Waals surface area contributed by atoms with Gasteiger partial charge in [-0.05, 0) is 25.0 Å². The lowest BCUT2D eigenvalue weighted by Gasteiger charge is -2.33. The number of hydrogen-bond donors (Lipinski definition) is 3. The maximum absolute atomic E-state index is 11.4. The van der Waals surface area contributed by atoms with Gasteiger partial charge in [0, 0.05) is 19.8 Å². The van der Waals surface area contributed by atoms with Gasteiger partial charge in [-0.2, -0.15) is 0 Å². The van der Waals surface area contributed by atoms with Crippen molar-refractivity contribution < 1.29 is 19.4 Å². The van der Waals surface area contributed by atoms with Gasteiger partial charge in [0.2, 0.25) is 0 Å². The van der Waals surface area contributed by atoms with E-state index in [1.54, 1.807) is 6.07 Å². The zero-order valence-corrected chi connectivity index (χ0v) is 10.8. The zero-order valence-electron chi connectivity index (χ0n) is 10.8. The number of ether oxygens (including phenoxy) is 1. The summed E-state index contributed by atoms with van der Waals surface area (Å²) in [5.41, 5.74) is 4.27. The first-order chi connectivity index (χ1) is 9.53. The van der Waals surface area contributed by atoms with E-state index in [1.165, 1.54) is 6.07 Å². The van der Waals surface area contributed by atoms with E-state index in [-0.39, 0.29) is 12.2 Å². The van der Waals surface area contributed by atoms with Crippen LogP contribution in [0, 0.1) is 5.41 Å². The van der Waals surface area contributed by atoms with Crippen LogP contribution < -0.4 is 11.1 Å². The van der Waals surface area contributed by atoms with E-state index in [9.17, 15) is 14.7 Å². The monoisotopic (exact) mass is 280 g/mol. The molecule has 0 aromatic carbocycles. The molecule has 0 saturated carbocycles. The van der Waals surface area contributed by atoms with E-state index in [1.807, 2.05) is 0 Å². The second-order valence-corrected chi connectivity index (χ2v) is 4.72. The quantitative estimate of drug-likeness (QED) is 0.685. The van der Waals surface area contributed by atoms with E-state index < -0.39 is 17.3 Å². The molecule has 8 nitrogen and oxygen atoms in total. The molecular weight excluding hydrogens is 264 g/mol. The maximum atomic E-state index is 11.4. The number of carboxylic acid groups (broad SMARTS) is 1. The fraction of sp³-hybridized carbons (Fsp3) is 0.500. The molecule has 2 rings (SSSR count). The molecular formula is C12H16N4O4. The second kappa shape index (κ2) is 5.83. The smallest absolute Gasteiger partial charge is 0.311 e. The number of carbonyl (C=O) groups excluding carboxylic acids is 1. The SMILES string of the molecule is NC(=O)c1ccc(NCC2(C(=O)O)CCOCC2)nn1. The first kappa shape index (κ1) is 14.2. The number of aliphatic carboxylic acids is 1. The first-order valence-corrected chi connectivity index (χ1v) is 6.22. The average molecular weight is 280 g/mol. The molecule has 0 atom stereocenters. The zero-order chi connectivity index (χ0) is 14.6. The summed E-state index contributed by atoms with van der Waals surface area (Å²) in [5, 5.41) is 19.8. The standard InChI is InChI=1S/C12H16N4O4/c13-10(17)8-1-2-9(16-15-8)14-7-12(11(18)19)3-5-20-6-4-12/h1-2H,3-7H2,(H2,13,17)(H,14,16)(H,18,19). The molecule has 0 aliphatic carbocycles. The fourth-order valence-electron chi connectivity index (χ4n) is 2.05. The highest BCUT2D eigenvalue weighted by Gasteiger charge is 2.40. The highest BCUT2D eigenvalue weighted by atomic mass is 16.5. The van der Waals surface area contributed by atoms with Gasteiger partial charge in [-0.25, -0.2) is 0 Å². The number of nitrogens with two attached hydrogens (primary N) is 1. The summed E-state index contributed by atoms with van der Waals surface area (Å²) in [6.45, 7) is 1.09. The molecule has 1 saturated heterocycles. The molecule has 0 radical (unpaired) electrons. The molecule has 8 heteroatoms. The van der Waals surface area contributed by atoms with Crippen molar-refractivity contribution in [1.82, 2.24) is 10.2 Å². The topological polar surface area (TPSA) is 127 Å². The number of nitrogens with one attached hydrogen (secondary N) is 1. The summed E-state index contributed by atoms with van der Waals surface area (Å²) in [6, 6.07) is 2.98. The Labute approximate surface area is 115 Å². The summed E-state index contributed by atoms with van der Waals surface area (Å²) in [5.74, 6) is -1.10. The van der Waals surface area contributed by atoms with Gasteiger partial charge in [-0.3, -0.25) is 9.59 Å². The lowest BCUT2D eigenvalue weighted by Crippen LogP contribution is -2.42. The van der Waals surface area contributed by atoms with Crippen LogP contribution in [0.25, 0.3) is 0 Å². The summed E-state index contributed by atoms with van der Waals surface area (Å²) < 4.78 is 5.20. The van der Waals surface area contributed by atoms with Crippen LogP contribution in [-0.4, -0.2) is 46.9 Å². The minimum atomic E-state index is -0.859. The van der Waals surface area contributed by atoms with Crippen LogP contribution in [0.1, 0.15) is 23.3 Å². The molecule has 1 amide bonds. The number of nitrogens with zero attached hydrogens (tertiary/aromatic N) is 2. The number of primary amides is 1. The van der Waals surface area contributed by atoms with Gasteiger partial charge >= 0.3 is 5.97 Å². The normalized spacial score (nSPS) is 17.4. The minimum Gasteiger partial charge on any atom is -0.481 e. The molecule has 20 heavy (non-hydrogen) atoms. The highest BCUT2D eigenvalue weighted by Crippen LogP contribution is 2.31. The summed E-state index contributed by atoms with van der Waals surface area (Å²) >= 11 is 0. The third-order valence-electron chi connectivity index (χ3n) is 3.43. The number of anilines is 1.